The van der Waals surface area contributed by atoms with Crippen LogP contribution in [0.25, 0.3) is 0 Å². The molecule has 2 fully saturated rings. The second-order valence-electron chi connectivity index (χ2n) is 8.51. The predicted molar refractivity (Wildman–Crippen MR) is 117 cm³/mol. The minimum absolute atomic E-state index is 0.0744. The molecule has 160 valence electrons. The van der Waals surface area contributed by atoms with Gasteiger partial charge in [-0.25, -0.2) is 4.98 Å². The Bertz CT molecular complexity index is 850. The molecular formula is C23H32N6O. The van der Waals surface area contributed by atoms with Gasteiger partial charge in [0.25, 0.3) is 0 Å². The van der Waals surface area contributed by atoms with Gasteiger partial charge in [0.15, 0.2) is 0 Å². The molecular weight excluding hydrogens is 376 g/mol. The number of carbonyl (C=O) groups excluding carboxylic acids is 1. The number of nitrogens with zero attached hydrogens (tertiary/aromatic N) is 5. The molecule has 2 aromatic rings. The van der Waals surface area contributed by atoms with Crippen molar-refractivity contribution in [2.24, 2.45) is 5.92 Å². The van der Waals surface area contributed by atoms with Crippen LogP contribution in [0, 0.1) is 19.8 Å². The van der Waals surface area contributed by atoms with Crippen molar-refractivity contribution in [2.75, 3.05) is 31.1 Å². The number of carbonyl (C=O) groups is 1. The van der Waals surface area contributed by atoms with Gasteiger partial charge in [-0.2, -0.15) is 0 Å². The molecule has 2 aliphatic heterocycles. The first-order valence-electron chi connectivity index (χ1n) is 11.1. The Morgan fingerprint density at radius 2 is 1.97 bits per heavy atom. The Hall–Kier alpha value is -2.54. The van der Waals surface area contributed by atoms with Crippen LogP contribution in [0.5, 0.6) is 0 Å². The van der Waals surface area contributed by atoms with Gasteiger partial charge in [0, 0.05) is 38.1 Å². The molecule has 2 aliphatic rings. The highest BCUT2D eigenvalue weighted by Gasteiger charge is 2.32. The van der Waals surface area contributed by atoms with Gasteiger partial charge >= 0.3 is 0 Å². The van der Waals surface area contributed by atoms with Crippen LogP contribution in [-0.4, -0.2) is 58.0 Å². The fourth-order valence-electron chi connectivity index (χ4n) is 4.64. The van der Waals surface area contributed by atoms with Crippen molar-refractivity contribution in [2.45, 2.75) is 52.1 Å². The number of piperidine rings is 2. The standard InChI is InChI=1S/C23H32N6O/c1-17-14-25-18(2)22(27-17)28-12-8-21(9-13-28)29-11-5-6-19(16-29)23(30)26-15-20-7-3-4-10-24-20/h3-4,7,10,14,19,21H,5-6,8-9,11-13,15-16H2,1-2H3,(H,26,30)/t19-/m1/s1. The second-order valence-corrected chi connectivity index (χ2v) is 8.51. The summed E-state index contributed by atoms with van der Waals surface area (Å²) in [5, 5.41) is 3.08. The Morgan fingerprint density at radius 1 is 1.13 bits per heavy atom. The highest BCUT2D eigenvalue weighted by molar-refractivity contribution is 5.78. The molecule has 0 aliphatic carbocycles. The summed E-state index contributed by atoms with van der Waals surface area (Å²) in [6.45, 7) is 8.49. The molecule has 0 radical (unpaired) electrons. The number of anilines is 1. The summed E-state index contributed by atoms with van der Waals surface area (Å²) in [7, 11) is 0. The van der Waals surface area contributed by atoms with Crippen molar-refractivity contribution in [3.63, 3.8) is 0 Å². The van der Waals surface area contributed by atoms with Gasteiger partial charge < -0.3 is 10.2 Å². The number of aromatic nitrogens is 3. The van der Waals surface area contributed by atoms with E-state index >= 15 is 0 Å². The maximum absolute atomic E-state index is 12.7. The molecule has 0 unspecified atom stereocenters. The minimum Gasteiger partial charge on any atom is -0.355 e. The second kappa shape index (κ2) is 9.51. The van der Waals surface area contributed by atoms with Crippen molar-refractivity contribution in [1.29, 1.82) is 0 Å². The van der Waals surface area contributed by atoms with Gasteiger partial charge in [0.1, 0.15) is 5.82 Å². The third-order valence-electron chi connectivity index (χ3n) is 6.32. The van der Waals surface area contributed by atoms with Crippen LogP contribution in [0.1, 0.15) is 42.8 Å². The summed E-state index contributed by atoms with van der Waals surface area (Å²) in [5.74, 6) is 1.26. The first kappa shape index (κ1) is 20.7. The number of pyridine rings is 1. The first-order valence-corrected chi connectivity index (χ1v) is 11.1. The third-order valence-corrected chi connectivity index (χ3v) is 6.32. The van der Waals surface area contributed by atoms with Crippen molar-refractivity contribution < 1.29 is 4.79 Å². The van der Waals surface area contributed by atoms with Crippen LogP contribution in [0.4, 0.5) is 5.82 Å². The lowest BCUT2D eigenvalue weighted by molar-refractivity contribution is -0.127. The molecule has 0 aromatic carbocycles. The average molecular weight is 409 g/mol. The van der Waals surface area contributed by atoms with Crippen LogP contribution in [-0.2, 0) is 11.3 Å². The van der Waals surface area contributed by atoms with E-state index in [4.69, 9.17) is 4.98 Å². The van der Waals surface area contributed by atoms with Gasteiger partial charge in [-0.3, -0.25) is 19.7 Å². The fraction of sp³-hybridized carbons (Fsp3) is 0.565. The lowest BCUT2D eigenvalue weighted by Crippen LogP contribution is -2.51. The summed E-state index contributed by atoms with van der Waals surface area (Å²) in [4.78, 5) is 31.1. The van der Waals surface area contributed by atoms with E-state index in [0.29, 0.717) is 12.6 Å². The number of aryl methyl sites for hydroxylation is 2. The molecule has 2 saturated heterocycles. The molecule has 7 nitrogen and oxygen atoms in total. The Morgan fingerprint density at radius 3 is 2.73 bits per heavy atom. The van der Waals surface area contributed by atoms with E-state index in [-0.39, 0.29) is 11.8 Å². The number of rotatable bonds is 5. The average Bonchev–Trinajstić information content (AvgIpc) is 2.80. The highest BCUT2D eigenvalue weighted by atomic mass is 16.1. The van der Waals surface area contributed by atoms with Gasteiger partial charge in [0.2, 0.25) is 5.91 Å². The Balaban J connectivity index is 1.29. The molecule has 7 heteroatoms. The van der Waals surface area contributed by atoms with Crippen molar-refractivity contribution in [3.8, 4) is 0 Å². The van der Waals surface area contributed by atoms with Crippen LogP contribution in [0.15, 0.2) is 30.6 Å². The van der Waals surface area contributed by atoms with Gasteiger partial charge in [-0.15, -0.1) is 0 Å². The SMILES string of the molecule is Cc1cnc(C)c(N2CCC(N3CCC[C@@H](C(=O)NCc4ccccn4)C3)CC2)n1. The molecule has 0 saturated carbocycles. The zero-order valence-electron chi connectivity index (χ0n) is 18.0. The predicted octanol–water partition coefficient (Wildman–Crippen LogP) is 2.49. The van der Waals surface area contributed by atoms with Crippen LogP contribution in [0.2, 0.25) is 0 Å². The van der Waals surface area contributed by atoms with Crippen molar-refractivity contribution in [3.05, 3.63) is 47.7 Å². The van der Waals surface area contributed by atoms with Crippen LogP contribution < -0.4 is 10.2 Å². The van der Waals surface area contributed by atoms with E-state index in [0.717, 1.165) is 74.8 Å². The molecule has 0 spiro atoms. The number of likely N-dealkylation sites (tertiary alicyclic amines) is 1. The van der Waals surface area contributed by atoms with Crippen molar-refractivity contribution in [1.82, 2.24) is 25.2 Å². The van der Waals surface area contributed by atoms with Gasteiger partial charge in [0.05, 0.1) is 29.5 Å². The van der Waals surface area contributed by atoms with Crippen molar-refractivity contribution >= 4 is 11.7 Å². The molecule has 1 atom stereocenters. The summed E-state index contributed by atoms with van der Waals surface area (Å²) < 4.78 is 0. The normalized spacial score (nSPS) is 20.9. The maximum atomic E-state index is 12.7. The van der Waals surface area contributed by atoms with E-state index in [2.05, 4.69) is 25.1 Å². The molecule has 30 heavy (non-hydrogen) atoms. The zero-order chi connectivity index (χ0) is 20.9. The lowest BCUT2D eigenvalue weighted by Gasteiger charge is -2.42. The first-order chi connectivity index (χ1) is 14.6. The van der Waals surface area contributed by atoms with Gasteiger partial charge in [-0.1, -0.05) is 6.07 Å². The van der Waals surface area contributed by atoms with E-state index in [1.165, 1.54) is 0 Å². The molecule has 1 N–H and O–H groups in total. The topological polar surface area (TPSA) is 74.2 Å². The maximum Gasteiger partial charge on any atom is 0.224 e. The van der Waals surface area contributed by atoms with Gasteiger partial charge in [-0.05, 0) is 58.2 Å². The Kier molecular flexibility index (Phi) is 6.57. The van der Waals surface area contributed by atoms with E-state index < -0.39 is 0 Å². The smallest absolute Gasteiger partial charge is 0.224 e. The fourth-order valence-corrected chi connectivity index (χ4v) is 4.64. The summed E-state index contributed by atoms with van der Waals surface area (Å²) in [6, 6.07) is 6.34. The molecule has 2 aromatic heterocycles. The van der Waals surface area contributed by atoms with E-state index in [1.807, 2.05) is 38.2 Å². The summed E-state index contributed by atoms with van der Waals surface area (Å²) >= 11 is 0. The number of amides is 1. The largest absolute Gasteiger partial charge is 0.355 e. The lowest BCUT2D eigenvalue weighted by atomic mass is 9.93. The minimum atomic E-state index is 0.0744. The number of hydrogen-bond donors (Lipinski definition) is 1. The highest BCUT2D eigenvalue weighted by Crippen LogP contribution is 2.26. The number of hydrogen-bond acceptors (Lipinski definition) is 6. The molecule has 1 amide bonds. The molecule has 4 rings (SSSR count). The monoisotopic (exact) mass is 408 g/mol. The summed E-state index contributed by atoms with van der Waals surface area (Å²) in [5.41, 5.74) is 2.87. The summed E-state index contributed by atoms with van der Waals surface area (Å²) in [6.07, 6.45) is 7.87. The molecule has 0 bridgehead atoms. The quantitative estimate of drug-likeness (QED) is 0.819. The van der Waals surface area contributed by atoms with Crippen LogP contribution >= 0.6 is 0 Å². The third kappa shape index (κ3) is 4.95. The molecule has 4 heterocycles. The Labute approximate surface area is 178 Å². The number of nitrogens with one attached hydrogen (secondary N) is 1. The van der Waals surface area contributed by atoms with E-state index in [9.17, 15) is 4.79 Å². The van der Waals surface area contributed by atoms with Crippen LogP contribution in [0.3, 0.4) is 0 Å². The van der Waals surface area contributed by atoms with E-state index in [1.54, 1.807) is 6.20 Å². The zero-order valence-corrected chi connectivity index (χ0v) is 18.0.